The SMILES string of the molecule is NCCc1cnc(C2CCCO2)o1. The number of hydrogen-bond acceptors (Lipinski definition) is 4. The average Bonchev–Trinajstić information content (AvgIpc) is 2.70. The summed E-state index contributed by atoms with van der Waals surface area (Å²) in [7, 11) is 0. The molecule has 1 aromatic heterocycles. The molecule has 4 heteroatoms. The molecule has 4 nitrogen and oxygen atoms in total. The number of hydrogen-bond donors (Lipinski definition) is 1. The maximum atomic E-state index is 5.49. The maximum Gasteiger partial charge on any atom is 0.223 e. The first-order valence-electron chi connectivity index (χ1n) is 4.66. The van der Waals surface area contributed by atoms with E-state index >= 15 is 0 Å². The first kappa shape index (κ1) is 8.72. The molecule has 0 saturated carbocycles. The number of oxazole rings is 1. The Morgan fingerprint density at radius 2 is 2.54 bits per heavy atom. The largest absolute Gasteiger partial charge is 0.443 e. The van der Waals surface area contributed by atoms with E-state index < -0.39 is 0 Å². The summed E-state index contributed by atoms with van der Waals surface area (Å²) in [6.07, 6.45) is 4.68. The van der Waals surface area contributed by atoms with Crippen LogP contribution in [-0.4, -0.2) is 18.1 Å². The molecule has 0 amide bonds. The number of nitrogens with two attached hydrogens (primary N) is 1. The van der Waals surface area contributed by atoms with Gasteiger partial charge in [-0.2, -0.15) is 0 Å². The van der Waals surface area contributed by atoms with Gasteiger partial charge in [0.25, 0.3) is 0 Å². The van der Waals surface area contributed by atoms with Gasteiger partial charge in [0.2, 0.25) is 5.89 Å². The van der Waals surface area contributed by atoms with Crippen LogP contribution in [-0.2, 0) is 11.2 Å². The quantitative estimate of drug-likeness (QED) is 0.758. The van der Waals surface area contributed by atoms with E-state index in [2.05, 4.69) is 4.98 Å². The molecule has 0 bridgehead atoms. The summed E-state index contributed by atoms with van der Waals surface area (Å²) in [5, 5.41) is 0. The van der Waals surface area contributed by atoms with Gasteiger partial charge in [0.15, 0.2) is 0 Å². The predicted octanol–water partition coefficient (Wildman–Crippen LogP) is 1.03. The van der Waals surface area contributed by atoms with Crippen LogP contribution in [0.5, 0.6) is 0 Å². The van der Waals surface area contributed by atoms with Crippen molar-refractivity contribution in [1.82, 2.24) is 4.98 Å². The molecule has 2 heterocycles. The Balaban J connectivity index is 2.03. The molecular weight excluding hydrogens is 168 g/mol. The Kier molecular flexibility index (Phi) is 2.61. The van der Waals surface area contributed by atoms with E-state index in [1.165, 1.54) is 0 Å². The Morgan fingerprint density at radius 1 is 1.62 bits per heavy atom. The minimum Gasteiger partial charge on any atom is -0.443 e. The first-order valence-corrected chi connectivity index (χ1v) is 4.66. The fourth-order valence-electron chi connectivity index (χ4n) is 1.50. The van der Waals surface area contributed by atoms with Gasteiger partial charge < -0.3 is 14.9 Å². The van der Waals surface area contributed by atoms with E-state index in [1.54, 1.807) is 6.20 Å². The molecule has 0 aliphatic carbocycles. The lowest BCUT2D eigenvalue weighted by Crippen LogP contribution is -2.01. The molecule has 2 N–H and O–H groups in total. The maximum absolute atomic E-state index is 5.49. The third kappa shape index (κ3) is 1.89. The predicted molar refractivity (Wildman–Crippen MR) is 47.2 cm³/mol. The number of ether oxygens (including phenoxy) is 1. The highest BCUT2D eigenvalue weighted by molar-refractivity contribution is 4.98. The zero-order valence-electron chi connectivity index (χ0n) is 7.53. The van der Waals surface area contributed by atoms with Gasteiger partial charge in [-0.3, -0.25) is 0 Å². The minimum absolute atomic E-state index is 0.0755. The lowest BCUT2D eigenvalue weighted by molar-refractivity contribution is 0.0882. The highest BCUT2D eigenvalue weighted by Gasteiger charge is 2.22. The van der Waals surface area contributed by atoms with Crippen LogP contribution in [0.25, 0.3) is 0 Å². The fourth-order valence-corrected chi connectivity index (χ4v) is 1.50. The molecule has 1 aliphatic rings. The summed E-state index contributed by atoms with van der Waals surface area (Å²) in [6.45, 7) is 1.42. The van der Waals surface area contributed by atoms with E-state index in [0.29, 0.717) is 12.4 Å². The minimum atomic E-state index is 0.0755. The van der Waals surface area contributed by atoms with Crippen molar-refractivity contribution in [2.24, 2.45) is 5.73 Å². The van der Waals surface area contributed by atoms with E-state index in [1.807, 2.05) is 0 Å². The second-order valence-corrected chi connectivity index (χ2v) is 3.21. The van der Waals surface area contributed by atoms with Crippen LogP contribution >= 0.6 is 0 Å². The summed E-state index contributed by atoms with van der Waals surface area (Å²) in [5.41, 5.74) is 5.40. The van der Waals surface area contributed by atoms with Gasteiger partial charge in [-0.1, -0.05) is 0 Å². The van der Waals surface area contributed by atoms with Crippen LogP contribution in [0, 0.1) is 0 Å². The van der Waals surface area contributed by atoms with Gasteiger partial charge >= 0.3 is 0 Å². The normalized spacial score (nSPS) is 22.4. The molecule has 0 radical (unpaired) electrons. The standard InChI is InChI=1S/C9H14N2O2/c10-4-3-7-6-11-9(13-7)8-2-1-5-12-8/h6,8H,1-5,10H2. The molecule has 2 rings (SSSR count). The van der Waals surface area contributed by atoms with Crippen molar-refractivity contribution in [3.8, 4) is 0 Å². The summed E-state index contributed by atoms with van der Waals surface area (Å²) < 4.78 is 10.9. The van der Waals surface area contributed by atoms with E-state index in [4.69, 9.17) is 14.9 Å². The average molecular weight is 182 g/mol. The van der Waals surface area contributed by atoms with Crippen molar-refractivity contribution in [3.05, 3.63) is 17.8 Å². The van der Waals surface area contributed by atoms with Crippen LogP contribution < -0.4 is 5.73 Å². The lowest BCUT2D eigenvalue weighted by atomic mass is 10.2. The molecule has 1 unspecified atom stereocenters. The molecular formula is C9H14N2O2. The van der Waals surface area contributed by atoms with Crippen LogP contribution in [0.2, 0.25) is 0 Å². The first-order chi connectivity index (χ1) is 6.40. The van der Waals surface area contributed by atoms with Gasteiger partial charge in [-0.15, -0.1) is 0 Å². The molecule has 1 atom stereocenters. The number of rotatable bonds is 3. The van der Waals surface area contributed by atoms with Gasteiger partial charge in [-0.25, -0.2) is 4.98 Å². The zero-order chi connectivity index (χ0) is 9.10. The smallest absolute Gasteiger partial charge is 0.223 e. The van der Waals surface area contributed by atoms with Crippen molar-refractivity contribution in [3.63, 3.8) is 0 Å². The molecule has 1 aromatic rings. The molecule has 1 aliphatic heterocycles. The topological polar surface area (TPSA) is 61.3 Å². The van der Waals surface area contributed by atoms with E-state index in [-0.39, 0.29) is 6.10 Å². The van der Waals surface area contributed by atoms with Crippen molar-refractivity contribution >= 4 is 0 Å². The second kappa shape index (κ2) is 3.89. The molecule has 1 fully saturated rings. The lowest BCUT2D eigenvalue weighted by Gasteiger charge is -2.02. The van der Waals surface area contributed by atoms with Crippen LogP contribution in [0.3, 0.4) is 0 Å². The third-order valence-corrected chi connectivity index (χ3v) is 2.17. The molecule has 13 heavy (non-hydrogen) atoms. The summed E-state index contributed by atoms with van der Waals surface area (Å²) >= 11 is 0. The molecule has 72 valence electrons. The highest BCUT2D eigenvalue weighted by Crippen LogP contribution is 2.27. The van der Waals surface area contributed by atoms with Crippen LogP contribution in [0.15, 0.2) is 10.6 Å². The molecule has 1 saturated heterocycles. The molecule has 0 spiro atoms. The van der Waals surface area contributed by atoms with Crippen molar-refractivity contribution in [2.45, 2.75) is 25.4 Å². The van der Waals surface area contributed by atoms with Gasteiger partial charge in [0.1, 0.15) is 11.9 Å². The van der Waals surface area contributed by atoms with Crippen LogP contribution in [0.1, 0.15) is 30.6 Å². The zero-order valence-corrected chi connectivity index (χ0v) is 7.53. The van der Waals surface area contributed by atoms with Gasteiger partial charge in [0.05, 0.1) is 6.20 Å². The van der Waals surface area contributed by atoms with Crippen molar-refractivity contribution < 1.29 is 9.15 Å². The Morgan fingerprint density at radius 3 is 3.23 bits per heavy atom. The second-order valence-electron chi connectivity index (χ2n) is 3.21. The molecule has 0 aromatic carbocycles. The highest BCUT2D eigenvalue weighted by atomic mass is 16.5. The van der Waals surface area contributed by atoms with Crippen molar-refractivity contribution in [1.29, 1.82) is 0 Å². The van der Waals surface area contributed by atoms with Crippen LogP contribution in [0.4, 0.5) is 0 Å². The summed E-state index contributed by atoms with van der Waals surface area (Å²) in [6, 6.07) is 0. The Hall–Kier alpha value is -0.870. The fraction of sp³-hybridized carbons (Fsp3) is 0.667. The van der Waals surface area contributed by atoms with Gasteiger partial charge in [0, 0.05) is 13.0 Å². The summed E-state index contributed by atoms with van der Waals surface area (Å²) in [5.74, 6) is 1.56. The van der Waals surface area contributed by atoms with E-state index in [9.17, 15) is 0 Å². The number of nitrogens with zero attached hydrogens (tertiary/aromatic N) is 1. The van der Waals surface area contributed by atoms with Gasteiger partial charge in [-0.05, 0) is 19.4 Å². The summed E-state index contributed by atoms with van der Waals surface area (Å²) in [4.78, 5) is 4.17. The van der Waals surface area contributed by atoms with Crippen molar-refractivity contribution in [2.75, 3.05) is 13.2 Å². The Bertz CT molecular complexity index is 266. The van der Waals surface area contributed by atoms with E-state index in [0.717, 1.165) is 31.6 Å². The monoisotopic (exact) mass is 182 g/mol. The number of aromatic nitrogens is 1. The third-order valence-electron chi connectivity index (χ3n) is 2.17. The Labute approximate surface area is 77.1 Å².